The highest BCUT2D eigenvalue weighted by Gasteiger charge is 2.13. The molecular formula is C20H25O4P. The molecule has 0 aromatic heterocycles. The number of methoxy groups -OCH3 is 1. The van der Waals surface area contributed by atoms with Crippen LogP contribution in [0.1, 0.15) is 35.3 Å². The fraction of sp³-hybridized carbons (Fsp3) is 0.350. The summed E-state index contributed by atoms with van der Waals surface area (Å²) in [4.78, 5) is 11.9. The van der Waals surface area contributed by atoms with Crippen LogP contribution in [0.2, 0.25) is 0 Å². The predicted molar refractivity (Wildman–Crippen MR) is 102 cm³/mol. The van der Waals surface area contributed by atoms with E-state index in [1.807, 2.05) is 50.2 Å². The van der Waals surface area contributed by atoms with Crippen molar-refractivity contribution in [3.8, 4) is 5.75 Å². The van der Waals surface area contributed by atoms with Gasteiger partial charge >= 0.3 is 5.97 Å². The molecule has 0 aliphatic carbocycles. The lowest BCUT2D eigenvalue weighted by Crippen LogP contribution is -2.08. The van der Waals surface area contributed by atoms with Gasteiger partial charge in [-0.15, -0.1) is 0 Å². The largest absolute Gasteiger partial charge is 0.491 e. The van der Waals surface area contributed by atoms with Gasteiger partial charge in [-0.3, -0.25) is 0 Å². The summed E-state index contributed by atoms with van der Waals surface area (Å²) in [7, 11) is -0.885. The highest BCUT2D eigenvalue weighted by Crippen LogP contribution is 2.34. The van der Waals surface area contributed by atoms with Crippen molar-refractivity contribution in [1.82, 2.24) is 0 Å². The first-order valence-electron chi connectivity index (χ1n) is 8.22. The van der Waals surface area contributed by atoms with E-state index in [0.29, 0.717) is 17.7 Å². The first kappa shape index (κ1) is 19.3. The van der Waals surface area contributed by atoms with Gasteiger partial charge in [0, 0.05) is 5.30 Å². The third-order valence-corrected chi connectivity index (χ3v) is 5.27. The van der Waals surface area contributed by atoms with E-state index < -0.39 is 7.14 Å². The van der Waals surface area contributed by atoms with E-state index in [4.69, 9.17) is 9.47 Å². The molecule has 0 fully saturated rings. The number of rotatable bonds is 6. The van der Waals surface area contributed by atoms with Crippen LogP contribution < -0.4 is 10.0 Å². The van der Waals surface area contributed by atoms with Crippen LogP contribution in [0.5, 0.6) is 5.75 Å². The van der Waals surface area contributed by atoms with E-state index in [9.17, 15) is 9.36 Å². The molecule has 0 bridgehead atoms. The molecule has 0 saturated heterocycles. The topological polar surface area (TPSA) is 52.6 Å². The maximum atomic E-state index is 12.1. The summed E-state index contributed by atoms with van der Waals surface area (Å²) < 4.78 is 22.7. The molecule has 0 saturated carbocycles. The molecule has 134 valence electrons. The molecule has 0 radical (unpaired) electrons. The standard InChI is InChI=1S/C20H25O4P/c1-14(2)24-18-12-16(11-17(13-18)20(21)23-3)10-15-6-8-19(9-7-15)25(4,5)22/h6-9,11-14H,10H2,1-5H3. The van der Waals surface area contributed by atoms with Crippen molar-refractivity contribution < 1.29 is 18.8 Å². The monoisotopic (exact) mass is 360 g/mol. The third kappa shape index (κ3) is 5.47. The molecule has 25 heavy (non-hydrogen) atoms. The molecule has 0 amide bonds. The van der Waals surface area contributed by atoms with E-state index in [-0.39, 0.29) is 12.1 Å². The fourth-order valence-corrected chi connectivity index (χ4v) is 3.41. The Morgan fingerprint density at radius 3 is 2.20 bits per heavy atom. The second-order valence-electron chi connectivity index (χ2n) is 6.72. The summed E-state index contributed by atoms with van der Waals surface area (Å²) in [5.74, 6) is 0.264. The second-order valence-corrected chi connectivity index (χ2v) is 9.94. The molecule has 2 rings (SSSR count). The van der Waals surface area contributed by atoms with Gasteiger partial charge in [-0.25, -0.2) is 4.79 Å². The van der Waals surface area contributed by atoms with Crippen LogP contribution in [0.3, 0.4) is 0 Å². The Balaban J connectivity index is 2.31. The maximum absolute atomic E-state index is 12.1. The molecular weight excluding hydrogens is 335 g/mol. The molecule has 0 N–H and O–H groups in total. The Kier molecular flexibility index (Phi) is 6.07. The lowest BCUT2D eigenvalue weighted by atomic mass is 10.0. The molecule has 4 nitrogen and oxygen atoms in total. The number of hydrogen-bond acceptors (Lipinski definition) is 4. The Hall–Kier alpha value is -2.06. The molecule has 2 aromatic rings. The lowest BCUT2D eigenvalue weighted by molar-refractivity contribution is 0.0600. The zero-order chi connectivity index (χ0) is 18.6. The number of esters is 1. The van der Waals surface area contributed by atoms with Crippen LogP contribution in [-0.4, -0.2) is 32.5 Å². The van der Waals surface area contributed by atoms with Crippen molar-refractivity contribution in [3.05, 3.63) is 59.2 Å². The van der Waals surface area contributed by atoms with E-state index >= 15 is 0 Å². The van der Waals surface area contributed by atoms with E-state index in [0.717, 1.165) is 16.4 Å². The molecule has 2 aromatic carbocycles. The number of ether oxygens (including phenoxy) is 2. The summed E-state index contributed by atoms with van der Waals surface area (Å²) in [6.07, 6.45) is 0.667. The van der Waals surface area contributed by atoms with Crippen LogP contribution in [0, 0.1) is 0 Å². The van der Waals surface area contributed by atoms with Crippen molar-refractivity contribution in [3.63, 3.8) is 0 Å². The Morgan fingerprint density at radius 1 is 1.04 bits per heavy atom. The summed E-state index contributed by atoms with van der Waals surface area (Å²) in [6.45, 7) is 7.41. The lowest BCUT2D eigenvalue weighted by Gasteiger charge is -2.13. The first-order chi connectivity index (χ1) is 11.7. The summed E-state index contributed by atoms with van der Waals surface area (Å²) in [5, 5.41) is 0.864. The van der Waals surface area contributed by atoms with Crippen LogP contribution in [-0.2, 0) is 15.7 Å². The van der Waals surface area contributed by atoms with E-state index in [2.05, 4.69) is 0 Å². The number of hydrogen-bond donors (Lipinski definition) is 0. The summed E-state index contributed by atoms with van der Waals surface area (Å²) in [6, 6.07) is 13.2. The normalized spacial score (nSPS) is 11.4. The van der Waals surface area contributed by atoms with Crippen molar-refractivity contribution >= 4 is 18.4 Å². The van der Waals surface area contributed by atoms with Crippen molar-refractivity contribution in [2.24, 2.45) is 0 Å². The van der Waals surface area contributed by atoms with Gasteiger partial charge in [0.15, 0.2) is 0 Å². The number of carbonyl (C=O) groups excluding carboxylic acids is 1. The van der Waals surface area contributed by atoms with Gasteiger partial charge in [0.1, 0.15) is 12.9 Å². The summed E-state index contributed by atoms with van der Waals surface area (Å²) in [5.41, 5.74) is 2.51. The minimum absolute atomic E-state index is 0.0169. The van der Waals surface area contributed by atoms with E-state index in [1.165, 1.54) is 7.11 Å². The molecule has 5 heteroatoms. The molecule has 0 aliphatic heterocycles. The average Bonchev–Trinajstić information content (AvgIpc) is 2.53. The zero-order valence-corrected chi connectivity index (χ0v) is 16.3. The minimum Gasteiger partial charge on any atom is -0.491 e. The highest BCUT2D eigenvalue weighted by atomic mass is 31.2. The third-order valence-electron chi connectivity index (χ3n) is 3.73. The molecule has 0 spiro atoms. The highest BCUT2D eigenvalue weighted by molar-refractivity contribution is 7.70. The Morgan fingerprint density at radius 2 is 1.68 bits per heavy atom. The SMILES string of the molecule is COC(=O)c1cc(Cc2ccc(P(C)(C)=O)cc2)cc(OC(C)C)c1. The first-order valence-corrected chi connectivity index (χ1v) is 10.8. The zero-order valence-electron chi connectivity index (χ0n) is 15.4. The second kappa shape index (κ2) is 7.88. The Bertz CT molecular complexity index is 788. The van der Waals surface area contributed by atoms with Crippen LogP contribution >= 0.6 is 7.14 Å². The van der Waals surface area contributed by atoms with Crippen molar-refractivity contribution in [1.29, 1.82) is 0 Å². The van der Waals surface area contributed by atoms with Gasteiger partial charge in [-0.05, 0) is 62.9 Å². The smallest absolute Gasteiger partial charge is 0.337 e. The van der Waals surface area contributed by atoms with Gasteiger partial charge in [0.05, 0.1) is 18.8 Å². The Labute approximate surface area is 149 Å². The van der Waals surface area contributed by atoms with Crippen LogP contribution in [0.15, 0.2) is 42.5 Å². The molecule has 0 unspecified atom stereocenters. The number of carbonyl (C=O) groups is 1. The van der Waals surface area contributed by atoms with E-state index in [1.54, 1.807) is 19.4 Å². The van der Waals surface area contributed by atoms with Gasteiger partial charge in [-0.2, -0.15) is 0 Å². The van der Waals surface area contributed by atoms with Gasteiger partial charge in [-0.1, -0.05) is 24.3 Å². The van der Waals surface area contributed by atoms with Crippen molar-refractivity contribution in [2.45, 2.75) is 26.4 Å². The van der Waals surface area contributed by atoms with Gasteiger partial charge < -0.3 is 14.0 Å². The van der Waals surface area contributed by atoms with Crippen molar-refractivity contribution in [2.75, 3.05) is 20.4 Å². The maximum Gasteiger partial charge on any atom is 0.337 e. The molecule has 0 heterocycles. The van der Waals surface area contributed by atoms with Crippen LogP contribution in [0.4, 0.5) is 0 Å². The molecule has 0 aliphatic rings. The number of benzene rings is 2. The molecule has 0 atom stereocenters. The van der Waals surface area contributed by atoms with Gasteiger partial charge in [0.25, 0.3) is 0 Å². The quantitative estimate of drug-likeness (QED) is 0.575. The predicted octanol–water partition coefficient (Wildman–Crippen LogP) is 4.10. The minimum atomic E-state index is -2.25. The van der Waals surface area contributed by atoms with Crippen LogP contribution in [0.25, 0.3) is 0 Å². The van der Waals surface area contributed by atoms with Gasteiger partial charge in [0.2, 0.25) is 0 Å². The average molecular weight is 360 g/mol. The fourth-order valence-electron chi connectivity index (χ4n) is 2.55. The summed E-state index contributed by atoms with van der Waals surface area (Å²) >= 11 is 0.